The average Bonchev–Trinajstić information content (AvgIpc) is 2.86. The molecule has 1 N–H and O–H groups in total. The highest BCUT2D eigenvalue weighted by molar-refractivity contribution is 7.13. The van der Waals surface area contributed by atoms with E-state index in [2.05, 4.69) is 10.3 Å². The molecule has 0 unspecified atom stereocenters. The number of aromatic nitrogens is 1. The third-order valence-electron chi connectivity index (χ3n) is 3.35. The molecule has 2 aromatic rings. The summed E-state index contributed by atoms with van der Waals surface area (Å²) >= 11 is 0.970. The van der Waals surface area contributed by atoms with Crippen molar-refractivity contribution in [3.05, 3.63) is 44.9 Å². The first-order valence-electron chi connectivity index (χ1n) is 7.51. The number of benzene rings is 1. The fourth-order valence-electron chi connectivity index (χ4n) is 2.23. The summed E-state index contributed by atoms with van der Waals surface area (Å²) in [5.74, 6) is -0.694. The van der Waals surface area contributed by atoms with Crippen LogP contribution in [-0.2, 0) is 11.2 Å². The lowest BCUT2D eigenvalue weighted by atomic mass is 10.1. The number of ether oxygens (including phenoxy) is 1. The fraction of sp³-hybridized carbons (Fsp3) is 0.353. The van der Waals surface area contributed by atoms with Gasteiger partial charge in [0.15, 0.2) is 0 Å². The molecule has 24 heavy (non-hydrogen) atoms. The zero-order chi connectivity index (χ0) is 17.7. The smallest absolute Gasteiger partial charge is 0.226 e. The van der Waals surface area contributed by atoms with E-state index < -0.39 is 5.97 Å². The molecule has 1 aromatic carbocycles. The predicted octanol–water partition coefficient (Wildman–Crippen LogP) is 1.17. The van der Waals surface area contributed by atoms with Gasteiger partial charge in [0.05, 0.1) is 29.5 Å². The number of carboxylic acid groups (broad SMARTS) is 1. The van der Waals surface area contributed by atoms with Gasteiger partial charge in [-0.2, -0.15) is 0 Å². The number of rotatable bonds is 7. The molecule has 128 valence electrons. The lowest BCUT2D eigenvalue weighted by molar-refractivity contribution is -0.254. The molecule has 0 atom stereocenters. The van der Waals surface area contributed by atoms with Crippen LogP contribution in [0.15, 0.2) is 18.2 Å². The van der Waals surface area contributed by atoms with E-state index in [0.29, 0.717) is 23.9 Å². The van der Waals surface area contributed by atoms with Crippen LogP contribution in [-0.4, -0.2) is 30.0 Å². The Morgan fingerprint density at radius 1 is 1.29 bits per heavy atom. The van der Waals surface area contributed by atoms with Crippen LogP contribution in [0, 0.1) is 20.8 Å². The number of hydrogen-bond acceptors (Lipinski definition) is 6. The number of aromatic carboxylic acids is 1. The molecule has 0 radical (unpaired) electrons. The Kier molecular flexibility index (Phi) is 5.92. The molecule has 0 spiro atoms. The van der Waals surface area contributed by atoms with E-state index in [-0.39, 0.29) is 17.2 Å². The van der Waals surface area contributed by atoms with Crippen LogP contribution in [0.5, 0.6) is 5.75 Å². The Bertz CT molecular complexity index is 755. The molecule has 6 nitrogen and oxygen atoms in total. The van der Waals surface area contributed by atoms with Crippen molar-refractivity contribution in [2.45, 2.75) is 27.2 Å². The van der Waals surface area contributed by atoms with Gasteiger partial charge in [-0.25, -0.2) is 4.98 Å². The van der Waals surface area contributed by atoms with Crippen molar-refractivity contribution in [3.63, 3.8) is 0 Å². The van der Waals surface area contributed by atoms with Crippen molar-refractivity contribution in [3.8, 4) is 5.75 Å². The molecule has 1 aromatic heterocycles. The Hall–Kier alpha value is -2.41. The largest absolute Gasteiger partial charge is 0.544 e. The second-order valence-corrected chi connectivity index (χ2v) is 6.54. The number of aryl methyl sites for hydroxylation is 3. The molecule has 7 heteroatoms. The molecule has 0 aliphatic rings. The third kappa shape index (κ3) is 4.79. The monoisotopic (exact) mass is 347 g/mol. The minimum atomic E-state index is -1.27. The first-order valence-corrected chi connectivity index (χ1v) is 8.33. The summed E-state index contributed by atoms with van der Waals surface area (Å²) in [5.41, 5.74) is 2.60. The highest BCUT2D eigenvalue weighted by Gasteiger charge is 2.11. The SMILES string of the molecule is Cc1ccc(OCCNC(=O)Cc2nc(C)c(C(=O)[O-])s2)c(C)c1. The van der Waals surface area contributed by atoms with Gasteiger partial charge in [-0.3, -0.25) is 4.79 Å². The van der Waals surface area contributed by atoms with Crippen LogP contribution in [0.4, 0.5) is 0 Å². The second kappa shape index (κ2) is 7.92. The summed E-state index contributed by atoms with van der Waals surface area (Å²) in [6, 6.07) is 5.92. The van der Waals surface area contributed by atoms with Crippen molar-refractivity contribution in [1.29, 1.82) is 0 Å². The lowest BCUT2D eigenvalue weighted by Gasteiger charge is -2.10. The number of hydrogen-bond donors (Lipinski definition) is 1. The third-order valence-corrected chi connectivity index (χ3v) is 4.49. The highest BCUT2D eigenvalue weighted by Crippen LogP contribution is 2.19. The number of carbonyl (C=O) groups is 2. The summed E-state index contributed by atoms with van der Waals surface area (Å²) in [7, 11) is 0. The van der Waals surface area contributed by atoms with Gasteiger partial charge in [-0.05, 0) is 32.4 Å². The van der Waals surface area contributed by atoms with Crippen molar-refractivity contribution in [2.24, 2.45) is 0 Å². The molecule has 0 fully saturated rings. The number of carboxylic acids is 1. The molecular formula is C17H19N2O4S-. The molecular weight excluding hydrogens is 328 g/mol. The van der Waals surface area contributed by atoms with Gasteiger partial charge in [-0.1, -0.05) is 17.7 Å². The standard InChI is InChI=1S/C17H20N2O4S/c1-10-4-5-13(11(2)8-10)23-7-6-18-14(20)9-15-19-12(3)16(24-15)17(21)22/h4-5,8H,6-7,9H2,1-3H3,(H,18,20)(H,21,22)/p-1. The van der Waals surface area contributed by atoms with E-state index in [1.807, 2.05) is 32.0 Å². The lowest BCUT2D eigenvalue weighted by Crippen LogP contribution is -2.29. The number of amides is 1. The van der Waals surface area contributed by atoms with Gasteiger partial charge in [0.25, 0.3) is 0 Å². The first kappa shape index (κ1) is 17.9. The van der Waals surface area contributed by atoms with Gasteiger partial charge in [0.2, 0.25) is 5.91 Å². The Labute approximate surface area is 144 Å². The highest BCUT2D eigenvalue weighted by atomic mass is 32.1. The summed E-state index contributed by atoms with van der Waals surface area (Å²) < 4.78 is 5.63. The normalized spacial score (nSPS) is 10.5. The molecule has 2 rings (SSSR count). The summed E-state index contributed by atoms with van der Waals surface area (Å²) in [4.78, 5) is 26.9. The Morgan fingerprint density at radius 3 is 2.67 bits per heavy atom. The molecule has 0 aliphatic carbocycles. The maximum absolute atomic E-state index is 11.9. The molecule has 1 heterocycles. The predicted molar refractivity (Wildman–Crippen MR) is 89.3 cm³/mol. The maximum atomic E-state index is 11.9. The van der Waals surface area contributed by atoms with Crippen molar-refractivity contribution in [1.82, 2.24) is 10.3 Å². The zero-order valence-electron chi connectivity index (χ0n) is 13.8. The van der Waals surface area contributed by atoms with Crippen LogP contribution in [0.1, 0.15) is 31.5 Å². The van der Waals surface area contributed by atoms with Gasteiger partial charge in [-0.15, -0.1) is 11.3 Å². The molecule has 0 aliphatic heterocycles. The minimum Gasteiger partial charge on any atom is -0.544 e. The van der Waals surface area contributed by atoms with Gasteiger partial charge >= 0.3 is 0 Å². The van der Waals surface area contributed by atoms with E-state index in [9.17, 15) is 14.7 Å². The fourth-order valence-corrected chi connectivity index (χ4v) is 3.13. The molecule has 0 saturated heterocycles. The molecule has 0 saturated carbocycles. The van der Waals surface area contributed by atoms with Crippen LogP contribution in [0.2, 0.25) is 0 Å². The number of carbonyl (C=O) groups excluding carboxylic acids is 2. The Balaban J connectivity index is 1.77. The van der Waals surface area contributed by atoms with E-state index in [1.165, 1.54) is 5.56 Å². The van der Waals surface area contributed by atoms with Gasteiger partial charge in [0, 0.05) is 0 Å². The number of nitrogens with one attached hydrogen (secondary N) is 1. The average molecular weight is 347 g/mol. The summed E-state index contributed by atoms with van der Waals surface area (Å²) in [6.45, 7) is 6.30. The summed E-state index contributed by atoms with van der Waals surface area (Å²) in [6.07, 6.45) is 0.0440. The molecule has 1 amide bonds. The Morgan fingerprint density at radius 2 is 2.04 bits per heavy atom. The molecule has 0 bridgehead atoms. The van der Waals surface area contributed by atoms with Crippen molar-refractivity contribution < 1.29 is 19.4 Å². The summed E-state index contributed by atoms with van der Waals surface area (Å²) in [5, 5.41) is 14.0. The van der Waals surface area contributed by atoms with Crippen LogP contribution < -0.4 is 15.2 Å². The van der Waals surface area contributed by atoms with Crippen LogP contribution >= 0.6 is 11.3 Å². The van der Waals surface area contributed by atoms with E-state index in [1.54, 1.807) is 6.92 Å². The minimum absolute atomic E-state index is 0.0440. The van der Waals surface area contributed by atoms with Gasteiger partial charge < -0.3 is 20.0 Å². The number of thiazole rings is 1. The first-order chi connectivity index (χ1) is 11.4. The van der Waals surface area contributed by atoms with Crippen molar-refractivity contribution >= 4 is 23.2 Å². The van der Waals surface area contributed by atoms with E-state index in [4.69, 9.17) is 4.74 Å². The number of nitrogens with zero attached hydrogens (tertiary/aromatic N) is 1. The van der Waals surface area contributed by atoms with Crippen molar-refractivity contribution in [2.75, 3.05) is 13.2 Å². The zero-order valence-corrected chi connectivity index (χ0v) is 14.7. The van der Waals surface area contributed by atoms with Crippen LogP contribution in [0.3, 0.4) is 0 Å². The van der Waals surface area contributed by atoms with E-state index >= 15 is 0 Å². The van der Waals surface area contributed by atoms with Gasteiger partial charge in [0.1, 0.15) is 17.4 Å². The topological polar surface area (TPSA) is 91.3 Å². The second-order valence-electron chi connectivity index (χ2n) is 5.45. The maximum Gasteiger partial charge on any atom is 0.226 e. The quantitative estimate of drug-likeness (QED) is 0.759. The van der Waals surface area contributed by atoms with Crippen LogP contribution in [0.25, 0.3) is 0 Å². The van der Waals surface area contributed by atoms with E-state index in [0.717, 1.165) is 22.6 Å².